The molecule has 2 rings (SSSR count). The lowest BCUT2D eigenvalue weighted by atomic mass is 10.3. The topological polar surface area (TPSA) is 84.2 Å². The number of carbonyl (C=O) groups is 2. The van der Waals surface area contributed by atoms with Crippen molar-refractivity contribution in [3.05, 3.63) is 33.8 Å². The van der Waals surface area contributed by atoms with E-state index in [1.54, 1.807) is 0 Å². The number of amides is 1. The summed E-state index contributed by atoms with van der Waals surface area (Å²) in [5.41, 5.74) is 1.56. The lowest BCUT2D eigenvalue weighted by Gasteiger charge is -1.98. The fourth-order valence-corrected chi connectivity index (χ4v) is 2.46. The Morgan fingerprint density at radius 2 is 2.21 bits per heavy atom. The molecule has 0 saturated carbocycles. The second-order valence-corrected chi connectivity index (χ2v) is 5.38. The molecule has 2 heterocycles. The second-order valence-electron chi connectivity index (χ2n) is 4.12. The zero-order valence-corrected chi connectivity index (χ0v) is 11.3. The second kappa shape index (κ2) is 5.23. The molecule has 2 aromatic rings. The van der Waals surface area contributed by atoms with Crippen LogP contribution in [-0.4, -0.2) is 26.8 Å². The minimum atomic E-state index is -0.981. The van der Waals surface area contributed by atoms with Crippen molar-refractivity contribution >= 4 is 28.9 Å². The molecule has 2 aromatic heterocycles. The Hall–Kier alpha value is -2.15. The third-order valence-corrected chi connectivity index (χ3v) is 3.73. The zero-order valence-electron chi connectivity index (χ0n) is 10.5. The molecule has 0 aliphatic heterocycles. The van der Waals surface area contributed by atoms with Crippen molar-refractivity contribution < 1.29 is 14.7 Å². The quantitative estimate of drug-likeness (QED) is 0.895. The highest BCUT2D eigenvalue weighted by atomic mass is 32.1. The summed E-state index contributed by atoms with van der Waals surface area (Å²) in [6.45, 7) is 3.68. The van der Waals surface area contributed by atoms with Gasteiger partial charge in [-0.1, -0.05) is 0 Å². The lowest BCUT2D eigenvalue weighted by Crippen LogP contribution is -2.10. The first-order valence-corrected chi connectivity index (χ1v) is 6.40. The first-order chi connectivity index (χ1) is 8.95. The molecule has 6 nitrogen and oxygen atoms in total. The van der Waals surface area contributed by atoms with E-state index < -0.39 is 5.97 Å². The molecule has 19 heavy (non-hydrogen) atoms. The number of aromatic nitrogens is 2. The van der Waals surface area contributed by atoms with Gasteiger partial charge in [0.2, 0.25) is 0 Å². The van der Waals surface area contributed by atoms with Crippen molar-refractivity contribution in [2.45, 2.75) is 20.4 Å². The number of aryl methyl sites for hydroxylation is 2. The number of aliphatic carboxylic acids is 1. The summed E-state index contributed by atoms with van der Waals surface area (Å²) in [5.74, 6) is -1.19. The van der Waals surface area contributed by atoms with Crippen LogP contribution in [0.4, 0.5) is 5.69 Å². The molecular weight excluding hydrogens is 266 g/mol. The fourth-order valence-electron chi connectivity index (χ4n) is 1.53. The number of anilines is 1. The van der Waals surface area contributed by atoms with Crippen LogP contribution < -0.4 is 5.32 Å². The van der Waals surface area contributed by atoms with Gasteiger partial charge in [-0.2, -0.15) is 5.10 Å². The van der Waals surface area contributed by atoms with Gasteiger partial charge in [0, 0.05) is 11.1 Å². The standard InChI is InChI=1S/C12H13N3O3S/c1-7-3-10(19-8(7)2)12(18)14-9-4-13-15(5-9)6-11(16)17/h3-5H,6H2,1-2H3,(H,14,18)(H,16,17). The van der Waals surface area contributed by atoms with Crippen molar-refractivity contribution in [3.63, 3.8) is 0 Å². The molecule has 0 atom stereocenters. The van der Waals surface area contributed by atoms with E-state index in [4.69, 9.17) is 5.11 Å². The number of thiophene rings is 1. The van der Waals surface area contributed by atoms with Gasteiger partial charge >= 0.3 is 5.97 Å². The minimum Gasteiger partial charge on any atom is -0.480 e. The Labute approximate surface area is 113 Å². The fraction of sp³-hybridized carbons (Fsp3) is 0.250. The van der Waals surface area contributed by atoms with Crippen LogP contribution in [0.3, 0.4) is 0 Å². The Kier molecular flexibility index (Phi) is 3.66. The summed E-state index contributed by atoms with van der Waals surface area (Å²) in [4.78, 5) is 24.2. The average Bonchev–Trinajstić information content (AvgIpc) is 2.86. The number of carboxylic acids is 1. The van der Waals surface area contributed by atoms with E-state index in [0.29, 0.717) is 10.6 Å². The minimum absolute atomic E-state index is 0.212. The van der Waals surface area contributed by atoms with E-state index in [0.717, 1.165) is 10.4 Å². The maximum Gasteiger partial charge on any atom is 0.325 e. The molecule has 0 fully saturated rings. The Morgan fingerprint density at radius 1 is 1.47 bits per heavy atom. The molecule has 0 aliphatic rings. The molecule has 0 aromatic carbocycles. The molecule has 2 N–H and O–H groups in total. The summed E-state index contributed by atoms with van der Waals surface area (Å²) < 4.78 is 1.25. The van der Waals surface area contributed by atoms with Gasteiger partial charge < -0.3 is 10.4 Å². The van der Waals surface area contributed by atoms with Crippen LogP contribution in [0.1, 0.15) is 20.1 Å². The summed E-state index contributed by atoms with van der Waals surface area (Å²) in [6, 6.07) is 1.83. The van der Waals surface area contributed by atoms with Crippen LogP contribution in [0.15, 0.2) is 18.5 Å². The first-order valence-electron chi connectivity index (χ1n) is 5.58. The average molecular weight is 279 g/mol. The maximum absolute atomic E-state index is 12.0. The third-order valence-electron chi connectivity index (χ3n) is 2.58. The molecule has 0 radical (unpaired) electrons. The van der Waals surface area contributed by atoms with Crippen molar-refractivity contribution in [2.24, 2.45) is 0 Å². The molecular formula is C12H13N3O3S. The van der Waals surface area contributed by atoms with E-state index in [9.17, 15) is 9.59 Å². The van der Waals surface area contributed by atoms with Crippen LogP contribution in [0.5, 0.6) is 0 Å². The largest absolute Gasteiger partial charge is 0.480 e. The van der Waals surface area contributed by atoms with Crippen molar-refractivity contribution in [1.82, 2.24) is 9.78 Å². The number of hydrogen-bond donors (Lipinski definition) is 2. The molecule has 0 aliphatic carbocycles. The van der Waals surface area contributed by atoms with Gasteiger partial charge in [0.05, 0.1) is 16.8 Å². The zero-order chi connectivity index (χ0) is 14.0. The van der Waals surface area contributed by atoms with Crippen LogP contribution >= 0.6 is 11.3 Å². The van der Waals surface area contributed by atoms with Gasteiger partial charge in [-0.25, -0.2) is 0 Å². The summed E-state index contributed by atoms with van der Waals surface area (Å²) in [7, 11) is 0. The van der Waals surface area contributed by atoms with Gasteiger partial charge in [0.1, 0.15) is 6.54 Å². The molecule has 0 bridgehead atoms. The lowest BCUT2D eigenvalue weighted by molar-refractivity contribution is -0.137. The Bertz CT molecular complexity index is 610. The maximum atomic E-state index is 12.0. The van der Waals surface area contributed by atoms with Crippen molar-refractivity contribution in [3.8, 4) is 0 Å². The molecule has 0 unspecified atom stereocenters. The summed E-state index contributed by atoms with van der Waals surface area (Å²) in [6.07, 6.45) is 2.91. The van der Waals surface area contributed by atoms with Crippen LogP contribution in [-0.2, 0) is 11.3 Å². The molecule has 0 saturated heterocycles. The molecule has 0 spiro atoms. The normalized spacial score (nSPS) is 10.4. The highest BCUT2D eigenvalue weighted by molar-refractivity contribution is 7.14. The molecule has 7 heteroatoms. The highest BCUT2D eigenvalue weighted by Gasteiger charge is 2.12. The monoisotopic (exact) mass is 279 g/mol. The van der Waals surface area contributed by atoms with Crippen LogP contribution in [0.25, 0.3) is 0 Å². The van der Waals surface area contributed by atoms with E-state index in [1.807, 2.05) is 19.9 Å². The number of rotatable bonds is 4. The Morgan fingerprint density at radius 3 is 2.79 bits per heavy atom. The van der Waals surface area contributed by atoms with E-state index in [2.05, 4.69) is 10.4 Å². The predicted octanol–water partition coefficient (Wildman–Crippen LogP) is 1.90. The van der Waals surface area contributed by atoms with E-state index >= 15 is 0 Å². The van der Waals surface area contributed by atoms with Gasteiger partial charge in [0.25, 0.3) is 5.91 Å². The summed E-state index contributed by atoms with van der Waals surface area (Å²) in [5, 5.41) is 15.2. The molecule has 1 amide bonds. The van der Waals surface area contributed by atoms with E-state index in [-0.39, 0.29) is 12.5 Å². The van der Waals surface area contributed by atoms with Crippen molar-refractivity contribution in [2.75, 3.05) is 5.32 Å². The van der Waals surface area contributed by atoms with Crippen LogP contribution in [0.2, 0.25) is 0 Å². The first kappa shape index (κ1) is 13.3. The third kappa shape index (κ3) is 3.19. The number of carbonyl (C=O) groups excluding carboxylic acids is 1. The number of carboxylic acid groups (broad SMARTS) is 1. The predicted molar refractivity (Wildman–Crippen MR) is 71.6 cm³/mol. The SMILES string of the molecule is Cc1cc(C(=O)Nc2cnn(CC(=O)O)c2)sc1C. The number of hydrogen-bond acceptors (Lipinski definition) is 4. The summed E-state index contributed by atoms with van der Waals surface area (Å²) >= 11 is 1.43. The number of nitrogens with zero attached hydrogens (tertiary/aromatic N) is 2. The smallest absolute Gasteiger partial charge is 0.325 e. The van der Waals surface area contributed by atoms with Gasteiger partial charge in [0.15, 0.2) is 0 Å². The van der Waals surface area contributed by atoms with Gasteiger partial charge in [-0.05, 0) is 25.5 Å². The van der Waals surface area contributed by atoms with E-state index in [1.165, 1.54) is 28.4 Å². The number of nitrogens with one attached hydrogen (secondary N) is 1. The van der Waals surface area contributed by atoms with Crippen molar-refractivity contribution in [1.29, 1.82) is 0 Å². The highest BCUT2D eigenvalue weighted by Crippen LogP contribution is 2.21. The van der Waals surface area contributed by atoms with Gasteiger partial charge in [-0.3, -0.25) is 14.3 Å². The molecule has 100 valence electrons. The Balaban J connectivity index is 2.06. The van der Waals surface area contributed by atoms with Crippen LogP contribution in [0, 0.1) is 13.8 Å². The van der Waals surface area contributed by atoms with Gasteiger partial charge in [-0.15, -0.1) is 11.3 Å².